The second-order valence-corrected chi connectivity index (χ2v) is 4.51. The number of anilines is 1. The molecule has 116 valence electrons. The van der Waals surface area contributed by atoms with Crippen molar-refractivity contribution in [3.8, 4) is 0 Å². The maximum absolute atomic E-state index is 11.3. The fourth-order valence-corrected chi connectivity index (χ4v) is 2.07. The van der Waals surface area contributed by atoms with Crippen LogP contribution in [0.4, 0.5) is 11.4 Å². The van der Waals surface area contributed by atoms with E-state index in [-0.39, 0.29) is 18.1 Å². The van der Waals surface area contributed by atoms with Crippen molar-refractivity contribution >= 4 is 17.3 Å². The van der Waals surface area contributed by atoms with E-state index in [1.807, 2.05) is 0 Å². The number of benzene rings is 1. The van der Waals surface area contributed by atoms with Crippen LogP contribution in [-0.2, 0) is 14.3 Å². The molecule has 0 saturated heterocycles. The number of para-hydroxylation sites is 1. The average Bonchev–Trinajstić information content (AvgIpc) is 2.47. The maximum Gasteiger partial charge on any atom is 0.307 e. The van der Waals surface area contributed by atoms with Gasteiger partial charge in [0.15, 0.2) is 0 Å². The van der Waals surface area contributed by atoms with Crippen LogP contribution in [0, 0.1) is 17.0 Å². The first kappa shape index (κ1) is 16.9. The summed E-state index contributed by atoms with van der Waals surface area (Å²) in [7, 11) is 2.88. The van der Waals surface area contributed by atoms with Gasteiger partial charge in [0.2, 0.25) is 0 Å². The maximum atomic E-state index is 11.3. The summed E-state index contributed by atoms with van der Waals surface area (Å²) >= 11 is 0. The highest BCUT2D eigenvalue weighted by atomic mass is 16.6. The minimum absolute atomic E-state index is 0.0240. The average molecular weight is 296 g/mol. The molecule has 7 heteroatoms. The molecular weight excluding hydrogens is 276 g/mol. The number of hydrogen-bond donors (Lipinski definition) is 0. The summed E-state index contributed by atoms with van der Waals surface area (Å²) in [5, 5.41) is 11.2. The fraction of sp³-hybridized carbons (Fsp3) is 0.500. The molecule has 21 heavy (non-hydrogen) atoms. The quantitative estimate of drug-likeness (QED) is 0.414. The van der Waals surface area contributed by atoms with Crippen molar-refractivity contribution in [2.75, 3.05) is 38.8 Å². The molecule has 0 bridgehead atoms. The van der Waals surface area contributed by atoms with E-state index in [1.165, 1.54) is 13.2 Å². The summed E-state index contributed by atoms with van der Waals surface area (Å²) in [4.78, 5) is 23.9. The summed E-state index contributed by atoms with van der Waals surface area (Å²) in [6.45, 7) is 3.01. The zero-order valence-electron chi connectivity index (χ0n) is 12.5. The number of nitrogens with zero attached hydrogens (tertiary/aromatic N) is 2. The van der Waals surface area contributed by atoms with Crippen molar-refractivity contribution < 1.29 is 19.2 Å². The number of aryl methyl sites for hydroxylation is 1. The minimum Gasteiger partial charge on any atom is -0.469 e. The topological polar surface area (TPSA) is 81.9 Å². The molecule has 0 aliphatic carbocycles. The molecule has 0 unspecified atom stereocenters. The molecule has 0 atom stereocenters. The van der Waals surface area contributed by atoms with E-state index in [2.05, 4.69) is 4.74 Å². The van der Waals surface area contributed by atoms with E-state index in [4.69, 9.17) is 4.74 Å². The molecule has 1 aromatic rings. The van der Waals surface area contributed by atoms with Crippen molar-refractivity contribution in [3.05, 3.63) is 33.9 Å². The highest BCUT2D eigenvalue weighted by molar-refractivity contribution is 5.72. The van der Waals surface area contributed by atoms with Gasteiger partial charge in [0.05, 0.1) is 25.1 Å². The molecule has 0 radical (unpaired) electrons. The third-order valence-electron chi connectivity index (χ3n) is 3.11. The van der Waals surface area contributed by atoms with Crippen molar-refractivity contribution in [2.45, 2.75) is 13.3 Å². The third kappa shape index (κ3) is 4.71. The molecule has 0 heterocycles. The fourth-order valence-electron chi connectivity index (χ4n) is 2.07. The molecule has 1 aromatic carbocycles. The van der Waals surface area contributed by atoms with E-state index >= 15 is 0 Å². The Bertz CT molecular complexity index is 504. The summed E-state index contributed by atoms with van der Waals surface area (Å²) in [5.41, 5.74) is 1.32. The molecule has 0 saturated carbocycles. The van der Waals surface area contributed by atoms with Crippen molar-refractivity contribution in [1.82, 2.24) is 0 Å². The van der Waals surface area contributed by atoms with E-state index in [1.54, 1.807) is 31.1 Å². The molecular formula is C14H20N2O5. The molecule has 0 aliphatic rings. The number of methoxy groups -OCH3 is 2. The second kappa shape index (κ2) is 8.21. The molecule has 0 N–H and O–H groups in total. The van der Waals surface area contributed by atoms with Gasteiger partial charge in [-0.1, -0.05) is 12.1 Å². The SMILES string of the molecule is COCCN(CCC(=O)OC)c1c(C)cccc1[N+](=O)[O-]. The monoisotopic (exact) mass is 296 g/mol. The van der Waals surface area contributed by atoms with Crippen molar-refractivity contribution in [1.29, 1.82) is 0 Å². The van der Waals surface area contributed by atoms with Crippen LogP contribution >= 0.6 is 0 Å². The largest absolute Gasteiger partial charge is 0.469 e. The van der Waals surface area contributed by atoms with Crippen LogP contribution in [0.5, 0.6) is 0 Å². The predicted molar refractivity (Wildman–Crippen MR) is 78.6 cm³/mol. The Morgan fingerprint density at radius 3 is 2.62 bits per heavy atom. The Labute approximate surface area is 123 Å². The van der Waals surface area contributed by atoms with Crippen LogP contribution in [0.15, 0.2) is 18.2 Å². The predicted octanol–water partition coefficient (Wildman–Crippen LogP) is 1.92. The van der Waals surface area contributed by atoms with Gasteiger partial charge in [-0.3, -0.25) is 14.9 Å². The van der Waals surface area contributed by atoms with Crippen LogP contribution < -0.4 is 4.90 Å². The minimum atomic E-state index is -0.416. The Kier molecular flexibility index (Phi) is 6.61. The summed E-state index contributed by atoms with van der Waals surface area (Å²) in [5.74, 6) is -0.353. The molecule has 7 nitrogen and oxygen atoms in total. The van der Waals surface area contributed by atoms with E-state index in [0.717, 1.165) is 5.56 Å². The van der Waals surface area contributed by atoms with Gasteiger partial charge in [0, 0.05) is 26.3 Å². The zero-order chi connectivity index (χ0) is 15.8. The summed E-state index contributed by atoms with van der Waals surface area (Å²) < 4.78 is 9.66. The third-order valence-corrected chi connectivity index (χ3v) is 3.11. The molecule has 0 fully saturated rings. The number of rotatable bonds is 8. The smallest absolute Gasteiger partial charge is 0.307 e. The van der Waals surface area contributed by atoms with Gasteiger partial charge >= 0.3 is 5.97 Å². The molecule has 0 spiro atoms. The number of esters is 1. The first-order chi connectivity index (χ1) is 10.0. The number of hydrogen-bond acceptors (Lipinski definition) is 6. The van der Waals surface area contributed by atoms with Crippen LogP contribution in [0.1, 0.15) is 12.0 Å². The van der Waals surface area contributed by atoms with Gasteiger partial charge in [0.25, 0.3) is 5.69 Å². The first-order valence-corrected chi connectivity index (χ1v) is 6.56. The lowest BCUT2D eigenvalue weighted by molar-refractivity contribution is -0.384. The van der Waals surface area contributed by atoms with Gasteiger partial charge in [-0.25, -0.2) is 0 Å². The Hall–Kier alpha value is -2.15. The lowest BCUT2D eigenvalue weighted by atomic mass is 10.1. The van der Waals surface area contributed by atoms with Crippen LogP contribution in [-0.4, -0.2) is 44.8 Å². The summed E-state index contributed by atoms with van der Waals surface area (Å²) in [6, 6.07) is 4.91. The number of carbonyl (C=O) groups excluding carboxylic acids is 1. The lowest BCUT2D eigenvalue weighted by Crippen LogP contribution is -2.31. The number of nitro benzene ring substituents is 1. The van der Waals surface area contributed by atoms with E-state index < -0.39 is 4.92 Å². The van der Waals surface area contributed by atoms with Gasteiger partial charge in [0.1, 0.15) is 5.69 Å². The molecule has 0 amide bonds. The molecule has 0 aliphatic heterocycles. The molecule has 0 aromatic heterocycles. The van der Waals surface area contributed by atoms with Crippen LogP contribution in [0.3, 0.4) is 0 Å². The van der Waals surface area contributed by atoms with Gasteiger partial charge in [-0.2, -0.15) is 0 Å². The first-order valence-electron chi connectivity index (χ1n) is 6.56. The van der Waals surface area contributed by atoms with E-state index in [0.29, 0.717) is 25.4 Å². The van der Waals surface area contributed by atoms with Gasteiger partial charge in [-0.15, -0.1) is 0 Å². The van der Waals surface area contributed by atoms with Crippen LogP contribution in [0.25, 0.3) is 0 Å². The van der Waals surface area contributed by atoms with Crippen LogP contribution in [0.2, 0.25) is 0 Å². The second-order valence-electron chi connectivity index (χ2n) is 4.51. The lowest BCUT2D eigenvalue weighted by Gasteiger charge is -2.25. The number of carbonyl (C=O) groups is 1. The van der Waals surface area contributed by atoms with Gasteiger partial charge < -0.3 is 14.4 Å². The Morgan fingerprint density at radius 1 is 1.33 bits per heavy atom. The number of ether oxygens (including phenoxy) is 2. The zero-order valence-corrected chi connectivity index (χ0v) is 12.5. The molecule has 1 rings (SSSR count). The van der Waals surface area contributed by atoms with E-state index in [9.17, 15) is 14.9 Å². The highest BCUT2D eigenvalue weighted by Crippen LogP contribution is 2.31. The van der Waals surface area contributed by atoms with Crippen molar-refractivity contribution in [3.63, 3.8) is 0 Å². The normalized spacial score (nSPS) is 10.2. The summed E-state index contributed by atoms with van der Waals surface area (Å²) in [6.07, 6.45) is 0.158. The highest BCUT2D eigenvalue weighted by Gasteiger charge is 2.21. The standard InChI is InChI=1S/C14H20N2O5/c1-11-5-4-6-12(16(18)19)14(11)15(9-10-20-2)8-7-13(17)21-3/h4-6H,7-10H2,1-3H3. The van der Waals surface area contributed by atoms with Crippen molar-refractivity contribution in [2.24, 2.45) is 0 Å². The Balaban J connectivity index is 3.06. The Morgan fingerprint density at radius 2 is 2.05 bits per heavy atom. The number of nitro groups is 1. The van der Waals surface area contributed by atoms with Gasteiger partial charge in [-0.05, 0) is 12.5 Å².